The number of para-hydroxylation sites is 1. The monoisotopic (exact) mass is 430 g/mol. The molecule has 27 heavy (non-hydrogen) atoms. The van der Waals surface area contributed by atoms with Gasteiger partial charge in [0.25, 0.3) is 5.91 Å². The largest absolute Gasteiger partial charge is 0.339 e. The molecule has 0 saturated carbocycles. The lowest BCUT2D eigenvalue weighted by Gasteiger charge is -2.27. The van der Waals surface area contributed by atoms with Crippen LogP contribution in [0.1, 0.15) is 35.2 Å². The van der Waals surface area contributed by atoms with Crippen molar-refractivity contribution in [1.29, 1.82) is 0 Å². The molecule has 0 radical (unpaired) electrons. The molecule has 1 heterocycles. The number of rotatable bonds is 4. The molecule has 1 saturated heterocycles. The van der Waals surface area contributed by atoms with Crippen LogP contribution >= 0.6 is 15.9 Å². The van der Waals surface area contributed by atoms with E-state index in [1.54, 1.807) is 36.4 Å². The van der Waals surface area contributed by atoms with Crippen molar-refractivity contribution in [1.82, 2.24) is 4.90 Å². The van der Waals surface area contributed by atoms with Crippen LogP contribution in [0.5, 0.6) is 0 Å². The van der Waals surface area contributed by atoms with Crippen LogP contribution in [0.15, 0.2) is 53.0 Å². The van der Waals surface area contributed by atoms with Gasteiger partial charge in [-0.3, -0.25) is 9.59 Å². The molecule has 3 rings (SSSR count). The van der Waals surface area contributed by atoms with Gasteiger partial charge in [-0.1, -0.05) is 28.1 Å². The Hall–Kier alpha value is -2.47. The highest BCUT2D eigenvalue weighted by Gasteiger charge is 2.20. The molecule has 4 nitrogen and oxygen atoms in total. The van der Waals surface area contributed by atoms with Crippen LogP contribution in [0, 0.1) is 5.82 Å². The molecule has 2 aromatic carbocycles. The lowest BCUT2D eigenvalue weighted by Crippen LogP contribution is -2.36. The van der Waals surface area contributed by atoms with Crippen LogP contribution in [-0.4, -0.2) is 29.8 Å². The Morgan fingerprint density at radius 2 is 1.81 bits per heavy atom. The Kier molecular flexibility index (Phi) is 6.40. The van der Waals surface area contributed by atoms with E-state index in [1.807, 2.05) is 4.90 Å². The van der Waals surface area contributed by atoms with Crippen LogP contribution in [0.3, 0.4) is 0 Å². The quantitative estimate of drug-likeness (QED) is 0.703. The summed E-state index contributed by atoms with van der Waals surface area (Å²) in [6.07, 6.45) is 5.80. The molecule has 0 unspecified atom stereocenters. The van der Waals surface area contributed by atoms with Crippen molar-refractivity contribution < 1.29 is 14.0 Å². The first-order chi connectivity index (χ1) is 13.0. The number of carbonyl (C=O) groups excluding carboxylic acids is 2. The third-order valence-electron chi connectivity index (χ3n) is 4.43. The van der Waals surface area contributed by atoms with Gasteiger partial charge in [0.15, 0.2) is 0 Å². The SMILES string of the molecule is O=C(/C=C/c1cc(Br)ccc1F)Nc1ccccc1C(=O)N1CCCCC1. The summed E-state index contributed by atoms with van der Waals surface area (Å²) in [5, 5.41) is 2.73. The first kappa shape index (κ1) is 19.3. The summed E-state index contributed by atoms with van der Waals surface area (Å²) in [6, 6.07) is 11.5. The highest BCUT2D eigenvalue weighted by molar-refractivity contribution is 9.10. The van der Waals surface area contributed by atoms with Crippen molar-refractivity contribution in [2.24, 2.45) is 0 Å². The Balaban J connectivity index is 1.73. The molecule has 0 aliphatic carbocycles. The zero-order chi connectivity index (χ0) is 19.2. The summed E-state index contributed by atoms with van der Waals surface area (Å²) >= 11 is 3.28. The van der Waals surface area contributed by atoms with E-state index in [1.165, 1.54) is 18.2 Å². The highest BCUT2D eigenvalue weighted by Crippen LogP contribution is 2.21. The number of nitrogens with zero attached hydrogens (tertiary/aromatic N) is 1. The lowest BCUT2D eigenvalue weighted by molar-refractivity contribution is -0.111. The van der Waals surface area contributed by atoms with Crippen LogP contribution < -0.4 is 5.32 Å². The van der Waals surface area contributed by atoms with E-state index >= 15 is 0 Å². The predicted octanol–water partition coefficient (Wildman–Crippen LogP) is 4.87. The summed E-state index contributed by atoms with van der Waals surface area (Å²) in [4.78, 5) is 26.9. The van der Waals surface area contributed by atoms with E-state index in [2.05, 4.69) is 21.2 Å². The van der Waals surface area contributed by atoms with Crippen LogP contribution in [0.25, 0.3) is 6.08 Å². The number of hydrogen-bond donors (Lipinski definition) is 1. The molecule has 1 aliphatic rings. The van der Waals surface area contributed by atoms with Crippen molar-refractivity contribution in [3.05, 3.63) is 70.0 Å². The van der Waals surface area contributed by atoms with Gasteiger partial charge in [0, 0.05) is 29.2 Å². The first-order valence-electron chi connectivity index (χ1n) is 8.87. The van der Waals surface area contributed by atoms with Gasteiger partial charge in [0.1, 0.15) is 5.82 Å². The average molecular weight is 431 g/mol. The molecule has 1 N–H and O–H groups in total. The van der Waals surface area contributed by atoms with E-state index in [4.69, 9.17) is 0 Å². The third-order valence-corrected chi connectivity index (χ3v) is 4.92. The second-order valence-corrected chi connectivity index (χ2v) is 7.30. The van der Waals surface area contributed by atoms with Crippen LogP contribution in [-0.2, 0) is 4.79 Å². The van der Waals surface area contributed by atoms with Gasteiger partial charge in [-0.2, -0.15) is 0 Å². The number of piperidine rings is 1. The van der Waals surface area contributed by atoms with Gasteiger partial charge in [0.05, 0.1) is 11.3 Å². The van der Waals surface area contributed by atoms with Crippen LogP contribution in [0.4, 0.5) is 10.1 Å². The molecule has 140 valence electrons. The predicted molar refractivity (Wildman–Crippen MR) is 108 cm³/mol. The van der Waals surface area contributed by atoms with E-state index in [-0.39, 0.29) is 5.91 Å². The molecule has 0 bridgehead atoms. The molecular formula is C21H20BrFN2O2. The number of carbonyl (C=O) groups is 2. The van der Waals surface area contributed by atoms with Crippen molar-refractivity contribution in [2.75, 3.05) is 18.4 Å². The van der Waals surface area contributed by atoms with Gasteiger partial charge in [-0.05, 0) is 55.7 Å². The second-order valence-electron chi connectivity index (χ2n) is 6.39. The van der Waals surface area contributed by atoms with Crippen molar-refractivity contribution in [2.45, 2.75) is 19.3 Å². The van der Waals surface area contributed by atoms with Gasteiger partial charge in [-0.25, -0.2) is 4.39 Å². The molecule has 2 amide bonds. The molecule has 0 spiro atoms. The van der Waals surface area contributed by atoms with Gasteiger partial charge < -0.3 is 10.2 Å². The van der Waals surface area contributed by atoms with Crippen molar-refractivity contribution >= 4 is 39.5 Å². The minimum atomic E-state index is -0.423. The minimum Gasteiger partial charge on any atom is -0.339 e. The van der Waals surface area contributed by atoms with E-state index < -0.39 is 11.7 Å². The highest BCUT2D eigenvalue weighted by atomic mass is 79.9. The van der Waals surface area contributed by atoms with Gasteiger partial charge in [-0.15, -0.1) is 0 Å². The van der Waals surface area contributed by atoms with Crippen LogP contribution in [0.2, 0.25) is 0 Å². The van der Waals surface area contributed by atoms with Crippen molar-refractivity contribution in [3.63, 3.8) is 0 Å². The number of likely N-dealkylation sites (tertiary alicyclic amines) is 1. The fourth-order valence-electron chi connectivity index (χ4n) is 3.03. The molecule has 6 heteroatoms. The first-order valence-corrected chi connectivity index (χ1v) is 9.66. The molecule has 2 aromatic rings. The third kappa shape index (κ3) is 5.04. The topological polar surface area (TPSA) is 49.4 Å². The second kappa shape index (κ2) is 8.95. The zero-order valence-electron chi connectivity index (χ0n) is 14.8. The number of hydrogen-bond acceptors (Lipinski definition) is 2. The van der Waals surface area contributed by atoms with Gasteiger partial charge >= 0.3 is 0 Å². The van der Waals surface area contributed by atoms with E-state index in [0.717, 1.165) is 36.8 Å². The maximum atomic E-state index is 13.8. The minimum absolute atomic E-state index is 0.0763. The number of halogens is 2. The fourth-order valence-corrected chi connectivity index (χ4v) is 3.41. The zero-order valence-corrected chi connectivity index (χ0v) is 16.3. The van der Waals surface area contributed by atoms with Gasteiger partial charge in [0.2, 0.25) is 5.91 Å². The number of anilines is 1. The molecule has 1 aliphatic heterocycles. The summed E-state index contributed by atoms with van der Waals surface area (Å²) in [5.74, 6) is -0.913. The number of amides is 2. The Labute approximate surface area is 166 Å². The smallest absolute Gasteiger partial charge is 0.255 e. The Morgan fingerprint density at radius 1 is 1.07 bits per heavy atom. The summed E-state index contributed by atoms with van der Waals surface area (Å²) in [7, 11) is 0. The molecular weight excluding hydrogens is 411 g/mol. The van der Waals surface area contributed by atoms with E-state index in [0.29, 0.717) is 16.8 Å². The Bertz CT molecular complexity index is 876. The molecule has 0 aromatic heterocycles. The standard InChI is InChI=1S/C21H20BrFN2O2/c22-16-9-10-18(23)15(14-16)8-11-20(26)24-19-7-3-2-6-17(19)21(27)25-12-4-1-5-13-25/h2-3,6-11,14H,1,4-5,12-13H2,(H,24,26)/b11-8+. The van der Waals surface area contributed by atoms with E-state index in [9.17, 15) is 14.0 Å². The van der Waals surface area contributed by atoms with Crippen molar-refractivity contribution in [3.8, 4) is 0 Å². The number of nitrogens with one attached hydrogen (secondary N) is 1. The normalized spacial score (nSPS) is 14.4. The average Bonchev–Trinajstić information content (AvgIpc) is 2.69. The summed E-state index contributed by atoms with van der Waals surface area (Å²) in [5.41, 5.74) is 1.23. The molecule has 1 fully saturated rings. The fraction of sp³-hybridized carbons (Fsp3) is 0.238. The number of benzene rings is 2. The maximum absolute atomic E-state index is 13.8. The molecule has 0 atom stereocenters. The summed E-state index contributed by atoms with van der Waals surface area (Å²) in [6.45, 7) is 1.48. The Morgan fingerprint density at radius 3 is 2.59 bits per heavy atom. The summed E-state index contributed by atoms with van der Waals surface area (Å²) < 4.78 is 14.5. The maximum Gasteiger partial charge on any atom is 0.255 e. The lowest BCUT2D eigenvalue weighted by atomic mass is 10.1.